The SMILES string of the molecule is C=C(c1c(C)[nH]c2c1=CC(C)C(c1nnn(C)n1)C=2)[C@@H](C)CCN(C)CCN. The summed E-state index contributed by atoms with van der Waals surface area (Å²) < 4.78 is 0. The summed E-state index contributed by atoms with van der Waals surface area (Å²) in [6.45, 7) is 13.7. The van der Waals surface area contributed by atoms with Gasteiger partial charge in [-0.2, -0.15) is 4.80 Å². The summed E-state index contributed by atoms with van der Waals surface area (Å²) in [6, 6.07) is 0. The molecule has 3 N–H and O–H groups in total. The van der Waals surface area contributed by atoms with Crippen molar-refractivity contribution in [3.05, 3.63) is 34.2 Å². The van der Waals surface area contributed by atoms with E-state index in [1.54, 1.807) is 7.05 Å². The molecule has 0 aromatic carbocycles. The topological polar surface area (TPSA) is 88.7 Å². The van der Waals surface area contributed by atoms with E-state index in [0.717, 1.165) is 30.7 Å². The normalized spacial score (nSPS) is 19.8. The first-order valence-corrected chi connectivity index (χ1v) is 10.1. The van der Waals surface area contributed by atoms with Gasteiger partial charge in [-0.3, -0.25) is 0 Å². The fourth-order valence-corrected chi connectivity index (χ4v) is 3.99. The van der Waals surface area contributed by atoms with Crippen LogP contribution >= 0.6 is 0 Å². The van der Waals surface area contributed by atoms with Crippen molar-refractivity contribution in [1.29, 1.82) is 0 Å². The summed E-state index contributed by atoms with van der Waals surface area (Å²) in [6.07, 6.45) is 5.63. The van der Waals surface area contributed by atoms with Gasteiger partial charge in [0.15, 0.2) is 5.82 Å². The van der Waals surface area contributed by atoms with Crippen LogP contribution in [0.4, 0.5) is 0 Å². The Morgan fingerprint density at radius 2 is 2.14 bits per heavy atom. The Morgan fingerprint density at radius 3 is 2.79 bits per heavy atom. The molecule has 2 aromatic rings. The molecule has 2 heterocycles. The first-order chi connectivity index (χ1) is 13.3. The number of nitrogens with zero attached hydrogens (tertiary/aromatic N) is 5. The van der Waals surface area contributed by atoms with Crippen molar-refractivity contribution in [2.24, 2.45) is 24.6 Å². The van der Waals surface area contributed by atoms with Gasteiger partial charge in [0.05, 0.1) is 7.05 Å². The Morgan fingerprint density at radius 1 is 1.39 bits per heavy atom. The largest absolute Gasteiger partial charge is 0.358 e. The molecule has 3 rings (SSSR count). The van der Waals surface area contributed by atoms with Crippen LogP contribution in [0.5, 0.6) is 0 Å². The number of fused-ring (bicyclic) bond motifs is 1. The van der Waals surface area contributed by atoms with Crippen LogP contribution < -0.4 is 16.3 Å². The van der Waals surface area contributed by atoms with E-state index in [2.05, 4.69) is 71.8 Å². The van der Waals surface area contributed by atoms with Gasteiger partial charge in [-0.15, -0.1) is 10.2 Å². The van der Waals surface area contributed by atoms with E-state index in [-0.39, 0.29) is 5.92 Å². The van der Waals surface area contributed by atoms with Crippen molar-refractivity contribution < 1.29 is 0 Å². The number of allylic oxidation sites excluding steroid dienone is 1. The average molecular weight is 384 g/mol. The fourth-order valence-electron chi connectivity index (χ4n) is 3.99. The maximum atomic E-state index is 5.65. The molecule has 0 saturated heterocycles. The molecule has 7 nitrogen and oxygen atoms in total. The van der Waals surface area contributed by atoms with Gasteiger partial charge in [-0.25, -0.2) is 0 Å². The van der Waals surface area contributed by atoms with Crippen molar-refractivity contribution in [1.82, 2.24) is 30.1 Å². The van der Waals surface area contributed by atoms with E-state index in [9.17, 15) is 0 Å². The molecule has 1 aliphatic rings. The quantitative estimate of drug-likeness (QED) is 0.703. The molecule has 2 aromatic heterocycles. The van der Waals surface area contributed by atoms with Gasteiger partial charge in [0.2, 0.25) is 0 Å². The molecule has 0 amide bonds. The lowest BCUT2D eigenvalue weighted by atomic mass is 9.86. The highest BCUT2D eigenvalue weighted by Crippen LogP contribution is 2.28. The minimum absolute atomic E-state index is 0.128. The van der Waals surface area contributed by atoms with Gasteiger partial charge in [0.25, 0.3) is 0 Å². The third-order valence-corrected chi connectivity index (χ3v) is 5.79. The monoisotopic (exact) mass is 383 g/mol. The number of tetrazole rings is 1. The van der Waals surface area contributed by atoms with Crippen molar-refractivity contribution in [2.45, 2.75) is 33.1 Å². The third-order valence-electron chi connectivity index (χ3n) is 5.79. The van der Waals surface area contributed by atoms with Gasteiger partial charge in [0, 0.05) is 40.8 Å². The molecule has 0 fully saturated rings. The summed E-state index contributed by atoms with van der Waals surface area (Å²) >= 11 is 0. The molecule has 0 aliphatic heterocycles. The van der Waals surface area contributed by atoms with Crippen LogP contribution in [0.3, 0.4) is 0 Å². The van der Waals surface area contributed by atoms with Crippen molar-refractivity contribution in [2.75, 3.05) is 26.7 Å². The zero-order valence-corrected chi connectivity index (χ0v) is 17.7. The van der Waals surface area contributed by atoms with E-state index in [1.807, 2.05) is 0 Å². The number of hydrogen-bond acceptors (Lipinski definition) is 5. The van der Waals surface area contributed by atoms with E-state index < -0.39 is 0 Å². The number of hydrogen-bond donors (Lipinski definition) is 2. The fraction of sp³-hybridized carbons (Fsp3) is 0.571. The highest BCUT2D eigenvalue weighted by Gasteiger charge is 2.25. The lowest BCUT2D eigenvalue weighted by Crippen LogP contribution is -2.33. The van der Waals surface area contributed by atoms with Crippen LogP contribution in [0.1, 0.15) is 43.3 Å². The maximum absolute atomic E-state index is 5.65. The van der Waals surface area contributed by atoms with Crippen LogP contribution in [0.15, 0.2) is 6.58 Å². The number of aromatic nitrogens is 5. The second-order valence-corrected chi connectivity index (χ2v) is 8.11. The van der Waals surface area contributed by atoms with Crippen LogP contribution in [-0.4, -0.2) is 56.8 Å². The van der Waals surface area contributed by atoms with E-state index in [0.29, 0.717) is 18.4 Å². The molecule has 2 unspecified atom stereocenters. The van der Waals surface area contributed by atoms with Crippen molar-refractivity contribution in [3.63, 3.8) is 0 Å². The van der Waals surface area contributed by atoms with Gasteiger partial charge < -0.3 is 15.6 Å². The minimum Gasteiger partial charge on any atom is -0.358 e. The van der Waals surface area contributed by atoms with Crippen LogP contribution in [0.2, 0.25) is 0 Å². The molecule has 0 bridgehead atoms. The molecule has 7 heteroatoms. The smallest absolute Gasteiger partial charge is 0.182 e. The van der Waals surface area contributed by atoms with Crippen molar-refractivity contribution >= 4 is 17.7 Å². The zero-order valence-electron chi connectivity index (χ0n) is 17.7. The van der Waals surface area contributed by atoms with E-state index in [1.165, 1.54) is 26.8 Å². The number of aryl methyl sites for hydroxylation is 2. The third kappa shape index (κ3) is 4.10. The van der Waals surface area contributed by atoms with E-state index >= 15 is 0 Å². The first-order valence-electron chi connectivity index (χ1n) is 10.1. The Kier molecular flexibility index (Phi) is 6.15. The number of rotatable bonds is 8. The van der Waals surface area contributed by atoms with Crippen LogP contribution in [0, 0.1) is 18.8 Å². The van der Waals surface area contributed by atoms with Gasteiger partial charge in [-0.1, -0.05) is 26.5 Å². The molecular formula is C21H33N7. The Hall–Kier alpha value is -2.25. The van der Waals surface area contributed by atoms with Crippen LogP contribution in [0.25, 0.3) is 17.7 Å². The zero-order chi connectivity index (χ0) is 20.4. The maximum Gasteiger partial charge on any atom is 0.182 e. The summed E-state index contributed by atoms with van der Waals surface area (Å²) in [5.41, 5.74) is 9.28. The second kappa shape index (κ2) is 8.41. The number of nitrogens with one attached hydrogen (secondary N) is 1. The Bertz CT molecular complexity index is 952. The van der Waals surface area contributed by atoms with E-state index in [4.69, 9.17) is 5.73 Å². The van der Waals surface area contributed by atoms with Crippen LogP contribution in [-0.2, 0) is 7.05 Å². The molecule has 28 heavy (non-hydrogen) atoms. The standard InChI is InChI=1S/C21H33N7/c1-13(7-9-27(5)10-8-22)15(3)20-16(4)23-19-12-17(14(2)11-18(19)20)21-24-26-28(6)25-21/h11-14,17,23H,3,7-10,22H2,1-2,4-6H3/t13-,14?,17?/m0/s1. The number of aromatic amines is 1. The Balaban J connectivity index is 1.87. The minimum atomic E-state index is 0.128. The Labute approximate surface area is 167 Å². The molecule has 0 saturated carbocycles. The summed E-state index contributed by atoms with van der Waals surface area (Å²) in [5.74, 6) is 1.59. The molecule has 0 radical (unpaired) electrons. The van der Waals surface area contributed by atoms with Gasteiger partial charge >= 0.3 is 0 Å². The number of H-pyrrole nitrogens is 1. The summed E-state index contributed by atoms with van der Waals surface area (Å²) in [7, 11) is 3.92. The summed E-state index contributed by atoms with van der Waals surface area (Å²) in [4.78, 5) is 7.35. The van der Waals surface area contributed by atoms with Gasteiger partial charge in [-0.05, 0) is 55.6 Å². The summed E-state index contributed by atoms with van der Waals surface area (Å²) in [5, 5.41) is 15.0. The predicted octanol–water partition coefficient (Wildman–Crippen LogP) is 0.771. The first kappa shape index (κ1) is 20.5. The molecule has 1 aliphatic carbocycles. The second-order valence-electron chi connectivity index (χ2n) is 8.11. The molecular weight excluding hydrogens is 350 g/mol. The molecule has 152 valence electrons. The predicted molar refractivity (Wildman–Crippen MR) is 114 cm³/mol. The lowest BCUT2D eigenvalue weighted by molar-refractivity contribution is 0.326. The average Bonchev–Trinajstić information content (AvgIpc) is 3.20. The molecule has 3 atom stereocenters. The van der Waals surface area contributed by atoms with Gasteiger partial charge in [0.1, 0.15) is 0 Å². The highest BCUT2D eigenvalue weighted by atomic mass is 15.6. The van der Waals surface area contributed by atoms with Crippen molar-refractivity contribution in [3.8, 4) is 0 Å². The number of nitrogens with two attached hydrogens (primary N) is 1. The molecule has 0 spiro atoms. The highest BCUT2D eigenvalue weighted by molar-refractivity contribution is 5.70. The lowest BCUT2D eigenvalue weighted by Gasteiger charge is -2.21. The number of likely N-dealkylation sites (N-methyl/N-ethyl adjacent to an activating group) is 1.